The summed E-state index contributed by atoms with van der Waals surface area (Å²) in [5, 5.41) is 0. The number of hydrogen-bond acceptors (Lipinski definition) is 2. The highest BCUT2D eigenvalue weighted by Crippen LogP contribution is 2.17. The molecule has 0 aromatic heterocycles. The summed E-state index contributed by atoms with van der Waals surface area (Å²) >= 11 is 3.41. The van der Waals surface area contributed by atoms with Crippen LogP contribution >= 0.6 is 15.9 Å². The number of Topliss-reactive ketones (excluding diaryl/α,β-unsaturated/α-hetero) is 1. The second-order valence-corrected chi connectivity index (χ2v) is 5.66. The molecule has 0 amide bonds. The predicted octanol–water partition coefficient (Wildman–Crippen LogP) is 3.61. The van der Waals surface area contributed by atoms with Gasteiger partial charge in [-0.1, -0.05) is 48.0 Å². The van der Waals surface area contributed by atoms with Crippen molar-refractivity contribution in [2.45, 2.75) is 20.3 Å². The third-order valence-electron chi connectivity index (χ3n) is 2.57. The van der Waals surface area contributed by atoms with Crippen molar-refractivity contribution in [3.63, 3.8) is 0 Å². The van der Waals surface area contributed by atoms with E-state index in [1.807, 2.05) is 24.3 Å². The van der Waals surface area contributed by atoms with Gasteiger partial charge in [-0.2, -0.15) is 0 Å². The zero-order valence-corrected chi connectivity index (χ0v) is 12.3. The SMILES string of the molecule is CC(C)CN(C)CCC(=O)c1ccccc1Br. The van der Waals surface area contributed by atoms with Crippen LogP contribution in [0.15, 0.2) is 28.7 Å². The highest BCUT2D eigenvalue weighted by atomic mass is 79.9. The van der Waals surface area contributed by atoms with E-state index in [9.17, 15) is 4.79 Å². The zero-order chi connectivity index (χ0) is 12.8. The molecule has 1 aromatic carbocycles. The van der Waals surface area contributed by atoms with Crippen LogP contribution < -0.4 is 0 Å². The Bertz CT molecular complexity index is 376. The molecule has 17 heavy (non-hydrogen) atoms. The first-order chi connectivity index (χ1) is 8.00. The second kappa shape index (κ2) is 6.92. The largest absolute Gasteiger partial charge is 0.306 e. The van der Waals surface area contributed by atoms with Crippen LogP contribution in [0.25, 0.3) is 0 Å². The van der Waals surface area contributed by atoms with Crippen LogP contribution in [-0.4, -0.2) is 30.8 Å². The van der Waals surface area contributed by atoms with Gasteiger partial charge < -0.3 is 4.90 Å². The lowest BCUT2D eigenvalue weighted by Gasteiger charge is -2.18. The molecule has 0 atom stereocenters. The molecular formula is C14H20BrNO. The van der Waals surface area contributed by atoms with E-state index < -0.39 is 0 Å². The van der Waals surface area contributed by atoms with Crippen molar-refractivity contribution >= 4 is 21.7 Å². The van der Waals surface area contributed by atoms with E-state index in [2.05, 4.69) is 41.7 Å². The average Bonchev–Trinajstić information content (AvgIpc) is 2.25. The first-order valence-corrected chi connectivity index (χ1v) is 6.76. The molecule has 3 heteroatoms. The van der Waals surface area contributed by atoms with Gasteiger partial charge >= 0.3 is 0 Å². The van der Waals surface area contributed by atoms with E-state index in [1.54, 1.807) is 0 Å². The molecule has 1 rings (SSSR count). The smallest absolute Gasteiger partial charge is 0.165 e. The maximum Gasteiger partial charge on any atom is 0.165 e. The van der Waals surface area contributed by atoms with Gasteiger partial charge in [-0.25, -0.2) is 0 Å². The lowest BCUT2D eigenvalue weighted by molar-refractivity contribution is 0.0966. The van der Waals surface area contributed by atoms with Gasteiger partial charge in [0.2, 0.25) is 0 Å². The molecule has 0 heterocycles. The number of carbonyl (C=O) groups is 1. The average molecular weight is 298 g/mol. The monoisotopic (exact) mass is 297 g/mol. The minimum Gasteiger partial charge on any atom is -0.306 e. The Morgan fingerprint density at radius 3 is 2.59 bits per heavy atom. The number of rotatable bonds is 6. The molecule has 2 nitrogen and oxygen atoms in total. The van der Waals surface area contributed by atoms with Gasteiger partial charge in [0, 0.05) is 29.5 Å². The fourth-order valence-corrected chi connectivity index (χ4v) is 2.33. The van der Waals surface area contributed by atoms with E-state index in [0.717, 1.165) is 23.1 Å². The van der Waals surface area contributed by atoms with Crippen LogP contribution in [0.3, 0.4) is 0 Å². The molecule has 0 saturated carbocycles. The molecule has 0 radical (unpaired) electrons. The van der Waals surface area contributed by atoms with Gasteiger partial charge in [0.05, 0.1) is 0 Å². The fourth-order valence-electron chi connectivity index (χ4n) is 1.83. The summed E-state index contributed by atoms with van der Waals surface area (Å²) in [5.74, 6) is 0.839. The molecule has 0 N–H and O–H groups in total. The standard InChI is InChI=1S/C14H20BrNO/c1-11(2)10-16(3)9-8-14(17)12-6-4-5-7-13(12)15/h4-7,11H,8-10H2,1-3H3. The maximum absolute atomic E-state index is 12.0. The van der Waals surface area contributed by atoms with Gasteiger partial charge in [-0.3, -0.25) is 4.79 Å². The highest BCUT2D eigenvalue weighted by molar-refractivity contribution is 9.10. The van der Waals surface area contributed by atoms with Crippen LogP contribution in [0.5, 0.6) is 0 Å². The summed E-state index contributed by atoms with van der Waals surface area (Å²) in [7, 11) is 2.06. The van der Waals surface area contributed by atoms with Crippen molar-refractivity contribution in [3.8, 4) is 0 Å². The van der Waals surface area contributed by atoms with E-state index in [4.69, 9.17) is 0 Å². The van der Waals surface area contributed by atoms with Gasteiger partial charge in [-0.15, -0.1) is 0 Å². The van der Waals surface area contributed by atoms with Crippen molar-refractivity contribution in [1.29, 1.82) is 0 Å². The first-order valence-electron chi connectivity index (χ1n) is 5.97. The Morgan fingerprint density at radius 2 is 2.00 bits per heavy atom. The Kier molecular flexibility index (Phi) is 5.86. The molecule has 94 valence electrons. The molecule has 0 aliphatic rings. The molecule has 0 aliphatic heterocycles. The van der Waals surface area contributed by atoms with Crippen molar-refractivity contribution in [2.24, 2.45) is 5.92 Å². The molecule has 0 fully saturated rings. The third kappa shape index (κ3) is 5.00. The molecule has 0 saturated heterocycles. The normalized spacial score (nSPS) is 11.2. The zero-order valence-electron chi connectivity index (χ0n) is 10.7. The van der Waals surface area contributed by atoms with E-state index in [1.165, 1.54) is 0 Å². The number of hydrogen-bond donors (Lipinski definition) is 0. The Balaban J connectivity index is 2.48. The van der Waals surface area contributed by atoms with Crippen LogP contribution in [-0.2, 0) is 0 Å². The summed E-state index contributed by atoms with van der Waals surface area (Å²) in [6.45, 7) is 6.22. The minimum atomic E-state index is 0.202. The molecule has 0 aliphatic carbocycles. The van der Waals surface area contributed by atoms with Crippen molar-refractivity contribution in [2.75, 3.05) is 20.1 Å². The topological polar surface area (TPSA) is 20.3 Å². The van der Waals surface area contributed by atoms with Gasteiger partial charge in [-0.05, 0) is 19.0 Å². The van der Waals surface area contributed by atoms with Crippen LogP contribution in [0.1, 0.15) is 30.6 Å². The predicted molar refractivity (Wildman–Crippen MR) is 75.4 cm³/mol. The molecule has 1 aromatic rings. The number of carbonyl (C=O) groups excluding carboxylic acids is 1. The number of nitrogens with zero attached hydrogens (tertiary/aromatic N) is 1. The maximum atomic E-state index is 12.0. The molecular weight excluding hydrogens is 278 g/mol. The van der Waals surface area contributed by atoms with E-state index in [0.29, 0.717) is 12.3 Å². The molecule has 0 bridgehead atoms. The van der Waals surface area contributed by atoms with E-state index >= 15 is 0 Å². The number of halogens is 1. The van der Waals surface area contributed by atoms with Crippen LogP contribution in [0.2, 0.25) is 0 Å². The Labute approximate surface area is 112 Å². The van der Waals surface area contributed by atoms with Gasteiger partial charge in [0.1, 0.15) is 0 Å². The van der Waals surface area contributed by atoms with Crippen LogP contribution in [0.4, 0.5) is 0 Å². The summed E-state index contributed by atoms with van der Waals surface area (Å²) in [6.07, 6.45) is 0.575. The lowest BCUT2D eigenvalue weighted by atomic mass is 10.1. The van der Waals surface area contributed by atoms with Crippen molar-refractivity contribution < 1.29 is 4.79 Å². The summed E-state index contributed by atoms with van der Waals surface area (Å²) in [4.78, 5) is 14.2. The lowest BCUT2D eigenvalue weighted by Crippen LogP contribution is -2.26. The number of ketones is 1. The second-order valence-electron chi connectivity index (χ2n) is 4.81. The van der Waals surface area contributed by atoms with Crippen molar-refractivity contribution in [1.82, 2.24) is 4.90 Å². The number of benzene rings is 1. The summed E-state index contributed by atoms with van der Waals surface area (Å²) in [6, 6.07) is 7.60. The highest BCUT2D eigenvalue weighted by Gasteiger charge is 2.10. The van der Waals surface area contributed by atoms with Gasteiger partial charge in [0.25, 0.3) is 0 Å². The Hall–Kier alpha value is -0.670. The Morgan fingerprint density at radius 1 is 1.35 bits per heavy atom. The van der Waals surface area contributed by atoms with Crippen molar-refractivity contribution in [3.05, 3.63) is 34.3 Å². The molecule has 0 unspecified atom stereocenters. The quantitative estimate of drug-likeness (QED) is 0.748. The van der Waals surface area contributed by atoms with Crippen LogP contribution in [0, 0.1) is 5.92 Å². The molecule has 0 spiro atoms. The summed E-state index contributed by atoms with van der Waals surface area (Å²) < 4.78 is 0.886. The fraction of sp³-hybridized carbons (Fsp3) is 0.500. The summed E-state index contributed by atoms with van der Waals surface area (Å²) in [5.41, 5.74) is 0.783. The minimum absolute atomic E-state index is 0.202. The van der Waals surface area contributed by atoms with Gasteiger partial charge in [0.15, 0.2) is 5.78 Å². The third-order valence-corrected chi connectivity index (χ3v) is 3.26. The van der Waals surface area contributed by atoms with E-state index in [-0.39, 0.29) is 5.78 Å². The first kappa shape index (κ1) is 14.4.